The normalized spacial score (nSPS) is 9.81. The number of carbonyl (C=O) groups is 1. The molecule has 80 valence electrons. The number of benzene rings is 1. The molecular weight excluding hydrogens is 202 g/mol. The van der Waals surface area contributed by atoms with Crippen molar-refractivity contribution in [3.8, 4) is 0 Å². The van der Waals surface area contributed by atoms with Gasteiger partial charge in [0.05, 0.1) is 0 Å². The Morgan fingerprint density at radius 3 is 2.56 bits per heavy atom. The van der Waals surface area contributed by atoms with Crippen LogP contribution in [-0.4, -0.2) is 15.9 Å². The van der Waals surface area contributed by atoms with Gasteiger partial charge in [-0.15, -0.1) is 0 Å². The minimum Gasteiger partial charge on any atom is -0.321 e. The summed E-state index contributed by atoms with van der Waals surface area (Å²) in [7, 11) is 0. The van der Waals surface area contributed by atoms with Gasteiger partial charge in [0.2, 0.25) is 0 Å². The Labute approximate surface area is 93.4 Å². The summed E-state index contributed by atoms with van der Waals surface area (Å²) in [6.07, 6.45) is 2.89. The topological polar surface area (TPSA) is 54.9 Å². The predicted molar refractivity (Wildman–Crippen MR) is 61.2 cm³/mol. The van der Waals surface area contributed by atoms with E-state index in [4.69, 9.17) is 0 Å². The smallest absolute Gasteiger partial charge is 0.274 e. The monoisotopic (exact) mass is 213 g/mol. The van der Waals surface area contributed by atoms with Crippen LogP contribution in [0.15, 0.2) is 42.9 Å². The Hall–Kier alpha value is -2.23. The molecule has 1 aromatic heterocycles. The molecule has 0 saturated heterocycles. The van der Waals surface area contributed by atoms with Gasteiger partial charge in [0.1, 0.15) is 12.0 Å². The van der Waals surface area contributed by atoms with E-state index in [9.17, 15) is 4.79 Å². The first kappa shape index (κ1) is 10.3. The van der Waals surface area contributed by atoms with E-state index >= 15 is 0 Å². The Kier molecular flexibility index (Phi) is 2.91. The van der Waals surface area contributed by atoms with E-state index in [0.29, 0.717) is 5.69 Å². The molecule has 2 aromatic rings. The number of nitrogens with zero attached hydrogens (tertiary/aromatic N) is 2. The Balaban J connectivity index is 2.11. The van der Waals surface area contributed by atoms with E-state index in [2.05, 4.69) is 15.3 Å². The van der Waals surface area contributed by atoms with Gasteiger partial charge in [-0.2, -0.15) is 0 Å². The summed E-state index contributed by atoms with van der Waals surface area (Å²) >= 11 is 0. The molecule has 0 bridgehead atoms. The lowest BCUT2D eigenvalue weighted by molar-refractivity contribution is 0.102. The molecule has 16 heavy (non-hydrogen) atoms. The molecule has 0 aliphatic rings. The van der Waals surface area contributed by atoms with Crippen molar-refractivity contribution in [3.05, 3.63) is 54.1 Å². The van der Waals surface area contributed by atoms with Crippen LogP contribution in [0.4, 0.5) is 5.69 Å². The van der Waals surface area contributed by atoms with Gasteiger partial charge in [0.25, 0.3) is 5.91 Å². The van der Waals surface area contributed by atoms with Crippen molar-refractivity contribution in [2.75, 3.05) is 5.32 Å². The van der Waals surface area contributed by atoms with Crippen LogP contribution in [-0.2, 0) is 0 Å². The highest BCUT2D eigenvalue weighted by atomic mass is 16.1. The molecule has 1 amide bonds. The highest BCUT2D eigenvalue weighted by molar-refractivity contribution is 6.02. The number of rotatable bonds is 2. The maximum absolute atomic E-state index is 11.7. The molecule has 0 spiro atoms. The molecule has 2 rings (SSSR count). The minimum absolute atomic E-state index is 0.230. The summed E-state index contributed by atoms with van der Waals surface area (Å²) in [5.41, 5.74) is 2.27. The number of amides is 1. The standard InChI is InChI=1S/C12H11N3O/c1-9-2-4-10(5-3-9)15-12(16)11-6-7-13-8-14-11/h2-8H,1H3,(H,15,16). The lowest BCUT2D eigenvalue weighted by Crippen LogP contribution is -2.13. The summed E-state index contributed by atoms with van der Waals surface area (Å²) in [6.45, 7) is 2.00. The Morgan fingerprint density at radius 1 is 1.19 bits per heavy atom. The molecule has 1 N–H and O–H groups in total. The number of aromatic nitrogens is 2. The third-order valence-electron chi connectivity index (χ3n) is 2.12. The van der Waals surface area contributed by atoms with Crippen LogP contribution in [0.3, 0.4) is 0 Å². The second-order valence-corrected chi connectivity index (χ2v) is 3.41. The van der Waals surface area contributed by atoms with Crippen molar-refractivity contribution in [3.63, 3.8) is 0 Å². The predicted octanol–water partition coefficient (Wildman–Crippen LogP) is 2.04. The lowest BCUT2D eigenvalue weighted by atomic mass is 10.2. The quantitative estimate of drug-likeness (QED) is 0.830. The van der Waals surface area contributed by atoms with E-state index in [1.165, 1.54) is 12.5 Å². The maximum Gasteiger partial charge on any atom is 0.274 e. The minimum atomic E-state index is -0.230. The van der Waals surface area contributed by atoms with Gasteiger partial charge in [-0.1, -0.05) is 17.7 Å². The zero-order chi connectivity index (χ0) is 11.4. The fourth-order valence-corrected chi connectivity index (χ4v) is 1.26. The Morgan fingerprint density at radius 2 is 1.94 bits per heavy atom. The van der Waals surface area contributed by atoms with E-state index in [1.54, 1.807) is 6.07 Å². The van der Waals surface area contributed by atoms with Crippen LogP contribution in [0.2, 0.25) is 0 Å². The van der Waals surface area contributed by atoms with Gasteiger partial charge < -0.3 is 5.32 Å². The number of carbonyl (C=O) groups excluding carboxylic acids is 1. The Bertz CT molecular complexity index is 479. The first-order chi connectivity index (χ1) is 7.75. The van der Waals surface area contributed by atoms with E-state index in [1.807, 2.05) is 31.2 Å². The van der Waals surface area contributed by atoms with Gasteiger partial charge in [-0.3, -0.25) is 4.79 Å². The molecule has 0 unspecified atom stereocenters. The van der Waals surface area contributed by atoms with Gasteiger partial charge in [-0.25, -0.2) is 9.97 Å². The van der Waals surface area contributed by atoms with Crippen molar-refractivity contribution >= 4 is 11.6 Å². The molecule has 0 fully saturated rings. The molecule has 0 atom stereocenters. The van der Waals surface area contributed by atoms with E-state index in [-0.39, 0.29) is 5.91 Å². The van der Waals surface area contributed by atoms with E-state index in [0.717, 1.165) is 11.3 Å². The molecule has 0 radical (unpaired) electrons. The fraction of sp³-hybridized carbons (Fsp3) is 0.0833. The average molecular weight is 213 g/mol. The van der Waals surface area contributed by atoms with Crippen LogP contribution < -0.4 is 5.32 Å². The van der Waals surface area contributed by atoms with Crippen molar-refractivity contribution in [1.29, 1.82) is 0 Å². The first-order valence-corrected chi connectivity index (χ1v) is 4.90. The molecular formula is C12H11N3O. The highest BCUT2D eigenvalue weighted by Gasteiger charge is 2.05. The van der Waals surface area contributed by atoms with Crippen LogP contribution in [0.5, 0.6) is 0 Å². The van der Waals surface area contributed by atoms with Crippen LogP contribution in [0.25, 0.3) is 0 Å². The van der Waals surface area contributed by atoms with Crippen LogP contribution >= 0.6 is 0 Å². The summed E-state index contributed by atoms with van der Waals surface area (Å²) < 4.78 is 0. The van der Waals surface area contributed by atoms with Gasteiger partial charge in [-0.05, 0) is 25.1 Å². The second-order valence-electron chi connectivity index (χ2n) is 3.41. The third kappa shape index (κ3) is 2.42. The van der Waals surface area contributed by atoms with E-state index < -0.39 is 0 Å². The number of aryl methyl sites for hydroxylation is 1. The largest absolute Gasteiger partial charge is 0.321 e. The van der Waals surface area contributed by atoms with Crippen molar-refractivity contribution in [2.24, 2.45) is 0 Å². The number of hydrogen-bond donors (Lipinski definition) is 1. The zero-order valence-electron chi connectivity index (χ0n) is 8.84. The first-order valence-electron chi connectivity index (χ1n) is 4.90. The molecule has 1 heterocycles. The van der Waals surface area contributed by atoms with Crippen molar-refractivity contribution in [2.45, 2.75) is 6.92 Å². The summed E-state index contributed by atoms with van der Waals surface area (Å²) in [5, 5.41) is 2.76. The lowest BCUT2D eigenvalue weighted by Gasteiger charge is -2.04. The van der Waals surface area contributed by atoms with Crippen LogP contribution in [0, 0.1) is 6.92 Å². The molecule has 0 saturated carbocycles. The van der Waals surface area contributed by atoms with Crippen molar-refractivity contribution < 1.29 is 4.79 Å². The van der Waals surface area contributed by atoms with Gasteiger partial charge in [0.15, 0.2) is 0 Å². The van der Waals surface area contributed by atoms with Gasteiger partial charge in [0, 0.05) is 11.9 Å². The molecule has 1 aromatic carbocycles. The zero-order valence-corrected chi connectivity index (χ0v) is 8.84. The van der Waals surface area contributed by atoms with Crippen molar-refractivity contribution in [1.82, 2.24) is 9.97 Å². The second kappa shape index (κ2) is 4.53. The third-order valence-corrected chi connectivity index (χ3v) is 2.12. The summed E-state index contributed by atoms with van der Waals surface area (Å²) in [5.74, 6) is -0.230. The molecule has 4 heteroatoms. The average Bonchev–Trinajstić information content (AvgIpc) is 2.33. The highest BCUT2D eigenvalue weighted by Crippen LogP contribution is 2.09. The molecule has 0 aliphatic carbocycles. The number of nitrogens with one attached hydrogen (secondary N) is 1. The number of anilines is 1. The van der Waals surface area contributed by atoms with Gasteiger partial charge >= 0.3 is 0 Å². The summed E-state index contributed by atoms with van der Waals surface area (Å²) in [6, 6.07) is 9.16. The SMILES string of the molecule is Cc1ccc(NC(=O)c2ccncn2)cc1. The van der Waals surface area contributed by atoms with Crippen LogP contribution in [0.1, 0.15) is 16.1 Å². The maximum atomic E-state index is 11.7. The fourth-order valence-electron chi connectivity index (χ4n) is 1.26. The molecule has 4 nitrogen and oxygen atoms in total. The number of hydrogen-bond acceptors (Lipinski definition) is 3. The molecule has 0 aliphatic heterocycles. The summed E-state index contributed by atoms with van der Waals surface area (Å²) in [4.78, 5) is 19.3.